The van der Waals surface area contributed by atoms with Gasteiger partial charge in [0.25, 0.3) is 0 Å². The predicted octanol–water partition coefficient (Wildman–Crippen LogP) is 2.80. The first kappa shape index (κ1) is 16.1. The molecule has 0 radical (unpaired) electrons. The van der Waals surface area contributed by atoms with E-state index < -0.39 is 6.10 Å². The molecule has 2 N–H and O–H groups in total. The smallest absolute Gasteiger partial charge is 0.308 e. The zero-order valence-electron chi connectivity index (χ0n) is 14.4. The maximum atomic E-state index is 11.2. The molecule has 4 nitrogen and oxygen atoms in total. The Morgan fingerprint density at radius 2 is 2.04 bits per heavy atom. The van der Waals surface area contributed by atoms with Gasteiger partial charge in [0.2, 0.25) is 0 Å². The molecule has 0 spiro atoms. The highest BCUT2D eigenvalue weighted by molar-refractivity contribution is 5.69. The second-order valence-electron chi connectivity index (χ2n) is 8.16. The highest BCUT2D eigenvalue weighted by Crippen LogP contribution is 2.60. The molecule has 4 rings (SSSR count). The van der Waals surface area contributed by atoms with Crippen LogP contribution in [0.2, 0.25) is 0 Å². The molecular weight excluding hydrogens is 304 g/mol. The van der Waals surface area contributed by atoms with Gasteiger partial charge < -0.3 is 14.9 Å². The number of benzene rings is 1. The lowest BCUT2D eigenvalue weighted by atomic mass is 9.54. The number of rotatable bonds is 1. The monoisotopic (exact) mass is 330 g/mol. The summed E-state index contributed by atoms with van der Waals surface area (Å²) in [5.74, 6) is 1.34. The lowest BCUT2D eigenvalue weighted by Gasteiger charge is -2.52. The minimum Gasteiger partial charge on any atom is -0.427 e. The van der Waals surface area contributed by atoms with Gasteiger partial charge in [-0.1, -0.05) is 13.0 Å². The van der Waals surface area contributed by atoms with E-state index in [4.69, 9.17) is 4.74 Å². The molecule has 0 bridgehead atoms. The van der Waals surface area contributed by atoms with Crippen LogP contribution in [0.3, 0.4) is 0 Å². The quantitative estimate of drug-likeness (QED) is 0.614. The summed E-state index contributed by atoms with van der Waals surface area (Å²) < 4.78 is 5.21. The molecule has 2 saturated carbocycles. The summed E-state index contributed by atoms with van der Waals surface area (Å²) in [6, 6.07) is 5.82. The molecule has 0 unspecified atom stereocenters. The Balaban J connectivity index is 1.68. The molecule has 24 heavy (non-hydrogen) atoms. The first-order valence-electron chi connectivity index (χ1n) is 9.07. The van der Waals surface area contributed by atoms with E-state index in [-0.39, 0.29) is 23.4 Å². The third-order valence-electron chi connectivity index (χ3n) is 6.88. The summed E-state index contributed by atoms with van der Waals surface area (Å²) in [6.45, 7) is 3.57. The number of fused-ring (bicyclic) bond motifs is 5. The molecule has 0 amide bonds. The molecule has 0 aliphatic heterocycles. The van der Waals surface area contributed by atoms with Crippen LogP contribution in [-0.4, -0.2) is 28.4 Å². The van der Waals surface area contributed by atoms with E-state index in [9.17, 15) is 15.0 Å². The number of aliphatic hydroxyl groups excluding tert-OH is 2. The van der Waals surface area contributed by atoms with Crippen LogP contribution in [0.5, 0.6) is 5.75 Å². The van der Waals surface area contributed by atoms with Gasteiger partial charge in [-0.05, 0) is 72.6 Å². The standard InChI is InChI=1S/C20H26O4/c1-11(21)24-13-4-6-14-12(9-13)3-5-15-16-7-8-18(23)20(16,2)10-17(22)19(14)15/h4,6,9,15-19,22-23H,3,5,7-8,10H2,1-2H3/t15-,16-,17-,18-,19+,20-/m0/s1. The van der Waals surface area contributed by atoms with Gasteiger partial charge in [-0.3, -0.25) is 4.79 Å². The summed E-state index contributed by atoms with van der Waals surface area (Å²) in [4.78, 5) is 11.2. The molecule has 1 aromatic carbocycles. The number of hydrogen-bond donors (Lipinski definition) is 2. The molecular formula is C20H26O4. The van der Waals surface area contributed by atoms with Crippen LogP contribution in [0, 0.1) is 17.3 Å². The minimum atomic E-state index is -0.414. The van der Waals surface area contributed by atoms with Crippen molar-refractivity contribution >= 4 is 5.97 Å². The molecule has 0 heterocycles. The van der Waals surface area contributed by atoms with Crippen molar-refractivity contribution in [1.29, 1.82) is 0 Å². The van der Waals surface area contributed by atoms with Gasteiger partial charge in [0, 0.05) is 12.8 Å². The number of aliphatic hydroxyl groups is 2. The summed E-state index contributed by atoms with van der Waals surface area (Å²) in [6.07, 6.45) is 3.87. The zero-order valence-corrected chi connectivity index (χ0v) is 14.4. The van der Waals surface area contributed by atoms with E-state index in [0.717, 1.165) is 25.7 Å². The third-order valence-corrected chi connectivity index (χ3v) is 6.88. The van der Waals surface area contributed by atoms with Crippen LogP contribution in [0.4, 0.5) is 0 Å². The van der Waals surface area contributed by atoms with Gasteiger partial charge in [0.15, 0.2) is 0 Å². The summed E-state index contributed by atoms with van der Waals surface area (Å²) in [5.41, 5.74) is 2.25. The topological polar surface area (TPSA) is 66.8 Å². The largest absolute Gasteiger partial charge is 0.427 e. The number of carbonyl (C=O) groups excluding carboxylic acids is 1. The molecule has 0 saturated heterocycles. The number of hydrogen-bond acceptors (Lipinski definition) is 4. The van der Waals surface area contributed by atoms with Crippen molar-refractivity contribution in [2.75, 3.05) is 0 Å². The SMILES string of the molecule is CC(=O)Oc1ccc2c(c1)CC[C@@H]1[C@@H]2[C@@H](O)C[C@]2(C)[C@@H](O)CC[C@@H]12. The van der Waals surface area contributed by atoms with Gasteiger partial charge >= 0.3 is 5.97 Å². The van der Waals surface area contributed by atoms with Gasteiger partial charge in [-0.15, -0.1) is 0 Å². The Morgan fingerprint density at radius 3 is 2.79 bits per heavy atom. The van der Waals surface area contributed by atoms with Crippen molar-refractivity contribution in [3.63, 3.8) is 0 Å². The Bertz CT molecular complexity index is 670. The molecule has 3 aliphatic rings. The van der Waals surface area contributed by atoms with E-state index in [0.29, 0.717) is 24.0 Å². The van der Waals surface area contributed by atoms with Crippen molar-refractivity contribution in [3.05, 3.63) is 29.3 Å². The van der Waals surface area contributed by atoms with Crippen LogP contribution in [0.25, 0.3) is 0 Å². The fourth-order valence-corrected chi connectivity index (χ4v) is 5.84. The Hall–Kier alpha value is -1.39. The maximum absolute atomic E-state index is 11.2. The van der Waals surface area contributed by atoms with Crippen molar-refractivity contribution < 1.29 is 19.7 Å². The van der Waals surface area contributed by atoms with Gasteiger partial charge in [0.1, 0.15) is 5.75 Å². The average molecular weight is 330 g/mol. The van der Waals surface area contributed by atoms with E-state index in [1.165, 1.54) is 18.1 Å². The van der Waals surface area contributed by atoms with E-state index in [1.807, 2.05) is 18.2 Å². The number of esters is 1. The number of carbonyl (C=O) groups is 1. The van der Waals surface area contributed by atoms with E-state index in [1.54, 1.807) is 0 Å². The first-order valence-corrected chi connectivity index (χ1v) is 9.07. The molecule has 3 aliphatic carbocycles. The molecule has 1 aromatic rings. The zero-order chi connectivity index (χ0) is 17.1. The Labute approximate surface area is 142 Å². The molecule has 6 atom stereocenters. The normalized spacial score (nSPS) is 40.4. The number of ether oxygens (including phenoxy) is 1. The summed E-state index contributed by atoms with van der Waals surface area (Å²) in [7, 11) is 0. The summed E-state index contributed by atoms with van der Waals surface area (Å²) in [5, 5.41) is 21.3. The summed E-state index contributed by atoms with van der Waals surface area (Å²) >= 11 is 0. The minimum absolute atomic E-state index is 0.142. The second kappa shape index (κ2) is 5.57. The van der Waals surface area contributed by atoms with Crippen LogP contribution < -0.4 is 4.74 Å². The molecule has 2 fully saturated rings. The van der Waals surface area contributed by atoms with Crippen molar-refractivity contribution in [3.8, 4) is 5.75 Å². The van der Waals surface area contributed by atoms with Crippen LogP contribution >= 0.6 is 0 Å². The van der Waals surface area contributed by atoms with Crippen LogP contribution in [-0.2, 0) is 11.2 Å². The molecule has 4 heteroatoms. The van der Waals surface area contributed by atoms with Crippen molar-refractivity contribution in [2.45, 2.75) is 64.1 Å². The van der Waals surface area contributed by atoms with Gasteiger partial charge in [-0.2, -0.15) is 0 Å². The lowest BCUT2D eigenvalue weighted by molar-refractivity contribution is -0.131. The van der Waals surface area contributed by atoms with E-state index in [2.05, 4.69) is 6.92 Å². The Morgan fingerprint density at radius 1 is 1.25 bits per heavy atom. The fourth-order valence-electron chi connectivity index (χ4n) is 5.84. The second-order valence-corrected chi connectivity index (χ2v) is 8.16. The highest BCUT2D eigenvalue weighted by Gasteiger charge is 2.57. The van der Waals surface area contributed by atoms with E-state index >= 15 is 0 Å². The maximum Gasteiger partial charge on any atom is 0.308 e. The van der Waals surface area contributed by atoms with Crippen molar-refractivity contribution in [2.24, 2.45) is 17.3 Å². The van der Waals surface area contributed by atoms with Gasteiger partial charge in [-0.25, -0.2) is 0 Å². The Kier molecular flexibility index (Phi) is 3.73. The third kappa shape index (κ3) is 2.31. The van der Waals surface area contributed by atoms with Crippen LogP contribution in [0.1, 0.15) is 56.6 Å². The van der Waals surface area contributed by atoms with Crippen molar-refractivity contribution in [1.82, 2.24) is 0 Å². The van der Waals surface area contributed by atoms with Crippen LogP contribution in [0.15, 0.2) is 18.2 Å². The molecule has 130 valence electrons. The molecule has 0 aromatic heterocycles. The fraction of sp³-hybridized carbons (Fsp3) is 0.650. The van der Waals surface area contributed by atoms with Gasteiger partial charge in [0.05, 0.1) is 12.2 Å². The lowest BCUT2D eigenvalue weighted by Crippen LogP contribution is -2.50. The predicted molar refractivity (Wildman–Crippen MR) is 89.8 cm³/mol. The first-order chi connectivity index (χ1) is 11.4. The number of aryl methyl sites for hydroxylation is 1. The highest BCUT2D eigenvalue weighted by atomic mass is 16.5. The average Bonchev–Trinajstić information content (AvgIpc) is 2.81.